The van der Waals surface area contributed by atoms with Gasteiger partial charge in [0, 0.05) is 10.6 Å². The Hall–Kier alpha value is -1.22. The van der Waals surface area contributed by atoms with Crippen molar-refractivity contribution in [3.05, 3.63) is 28.8 Å². The van der Waals surface area contributed by atoms with Crippen LogP contribution in [0.3, 0.4) is 0 Å². The lowest BCUT2D eigenvalue weighted by atomic mass is 9.98. The Morgan fingerprint density at radius 2 is 2.12 bits per heavy atom. The Labute approximate surface area is 107 Å². The van der Waals surface area contributed by atoms with Crippen molar-refractivity contribution >= 4 is 17.5 Å². The molecule has 0 aliphatic rings. The molecule has 0 aliphatic carbocycles. The van der Waals surface area contributed by atoms with E-state index in [4.69, 9.17) is 11.6 Å². The summed E-state index contributed by atoms with van der Waals surface area (Å²) in [5, 5.41) is 12.9. The minimum Gasteiger partial charge on any atom is -0.507 e. The van der Waals surface area contributed by atoms with Gasteiger partial charge in [0.2, 0.25) is 0 Å². The van der Waals surface area contributed by atoms with Crippen molar-refractivity contribution in [2.45, 2.75) is 39.2 Å². The maximum absolute atomic E-state index is 12.0. The molecule has 17 heavy (non-hydrogen) atoms. The average molecular weight is 256 g/mol. The van der Waals surface area contributed by atoms with Crippen LogP contribution in [0, 0.1) is 0 Å². The van der Waals surface area contributed by atoms with E-state index in [-0.39, 0.29) is 22.8 Å². The first-order valence-corrected chi connectivity index (χ1v) is 6.04. The number of carbonyl (C=O) groups excluding carboxylic acids is 1. The first-order valence-electron chi connectivity index (χ1n) is 5.67. The van der Waals surface area contributed by atoms with Crippen LogP contribution in [0.5, 0.6) is 5.75 Å². The zero-order valence-electron chi connectivity index (χ0n) is 10.4. The van der Waals surface area contributed by atoms with Gasteiger partial charge in [-0.25, -0.2) is 0 Å². The van der Waals surface area contributed by atoms with Gasteiger partial charge in [0.25, 0.3) is 5.91 Å². The van der Waals surface area contributed by atoms with Crippen molar-refractivity contribution in [1.82, 2.24) is 5.32 Å². The van der Waals surface area contributed by atoms with Gasteiger partial charge in [-0.05, 0) is 38.5 Å². The molecule has 0 radical (unpaired) electrons. The van der Waals surface area contributed by atoms with E-state index in [9.17, 15) is 9.90 Å². The molecule has 0 atom stereocenters. The summed E-state index contributed by atoms with van der Waals surface area (Å²) < 4.78 is 0. The molecular weight excluding hydrogens is 238 g/mol. The van der Waals surface area contributed by atoms with Crippen LogP contribution in [0.2, 0.25) is 5.02 Å². The molecule has 1 rings (SSSR count). The number of rotatable bonds is 4. The molecule has 0 aromatic heterocycles. The summed E-state index contributed by atoms with van der Waals surface area (Å²) in [4.78, 5) is 12.0. The molecule has 0 fully saturated rings. The molecule has 0 heterocycles. The summed E-state index contributed by atoms with van der Waals surface area (Å²) in [6.07, 6.45) is 1.87. The summed E-state index contributed by atoms with van der Waals surface area (Å²) in [6.45, 7) is 5.98. The number of phenols is 1. The van der Waals surface area contributed by atoms with Gasteiger partial charge in [-0.3, -0.25) is 4.79 Å². The summed E-state index contributed by atoms with van der Waals surface area (Å²) in [7, 11) is 0. The number of aromatic hydroxyl groups is 1. The number of halogens is 1. The molecule has 0 bridgehead atoms. The largest absolute Gasteiger partial charge is 0.507 e. The van der Waals surface area contributed by atoms with Crippen molar-refractivity contribution in [3.8, 4) is 5.75 Å². The predicted octanol–water partition coefficient (Wildman–Crippen LogP) is 3.35. The smallest absolute Gasteiger partial charge is 0.255 e. The van der Waals surface area contributed by atoms with Gasteiger partial charge in [0.05, 0.1) is 5.56 Å². The SMILES string of the molecule is CCCC(C)(C)NC(=O)c1ccc(Cl)cc1O. The minimum atomic E-state index is -0.280. The van der Waals surface area contributed by atoms with Gasteiger partial charge in [-0.15, -0.1) is 0 Å². The van der Waals surface area contributed by atoms with Gasteiger partial charge < -0.3 is 10.4 Å². The molecule has 2 N–H and O–H groups in total. The van der Waals surface area contributed by atoms with Crippen molar-refractivity contribution in [2.24, 2.45) is 0 Å². The van der Waals surface area contributed by atoms with Crippen LogP contribution >= 0.6 is 11.6 Å². The number of benzene rings is 1. The predicted molar refractivity (Wildman–Crippen MR) is 69.6 cm³/mol. The maximum Gasteiger partial charge on any atom is 0.255 e. The Morgan fingerprint density at radius 3 is 2.65 bits per heavy atom. The maximum atomic E-state index is 12.0. The molecule has 4 heteroatoms. The van der Waals surface area contributed by atoms with Crippen molar-refractivity contribution in [1.29, 1.82) is 0 Å². The Kier molecular flexibility index (Phi) is 4.40. The molecule has 0 saturated heterocycles. The minimum absolute atomic E-state index is 0.0951. The quantitative estimate of drug-likeness (QED) is 0.867. The first-order chi connectivity index (χ1) is 7.85. The molecule has 0 spiro atoms. The summed E-state index contributed by atoms with van der Waals surface area (Å²) in [5.41, 5.74) is -0.0312. The van der Waals surface area contributed by atoms with E-state index < -0.39 is 0 Å². The highest BCUT2D eigenvalue weighted by atomic mass is 35.5. The normalized spacial score (nSPS) is 11.3. The standard InChI is InChI=1S/C13H18ClNO2/c1-4-7-13(2,3)15-12(17)10-6-5-9(14)8-11(10)16/h5-6,8,16H,4,7H2,1-3H3,(H,15,17). The third kappa shape index (κ3) is 3.93. The van der Waals surface area contributed by atoms with E-state index in [1.165, 1.54) is 12.1 Å². The monoisotopic (exact) mass is 255 g/mol. The van der Waals surface area contributed by atoms with E-state index in [2.05, 4.69) is 12.2 Å². The van der Waals surface area contributed by atoms with E-state index in [0.29, 0.717) is 5.02 Å². The first kappa shape index (κ1) is 13.8. The molecule has 0 saturated carbocycles. The van der Waals surface area contributed by atoms with Crippen molar-refractivity contribution in [2.75, 3.05) is 0 Å². The van der Waals surface area contributed by atoms with Crippen LogP contribution in [0.4, 0.5) is 0 Å². The van der Waals surface area contributed by atoms with Crippen LogP contribution in [-0.4, -0.2) is 16.6 Å². The van der Waals surface area contributed by atoms with E-state index in [0.717, 1.165) is 12.8 Å². The van der Waals surface area contributed by atoms with Crippen LogP contribution in [0.25, 0.3) is 0 Å². The fraction of sp³-hybridized carbons (Fsp3) is 0.462. The summed E-state index contributed by atoms with van der Waals surface area (Å²) >= 11 is 5.71. The zero-order chi connectivity index (χ0) is 13.1. The van der Waals surface area contributed by atoms with Crippen molar-refractivity contribution < 1.29 is 9.90 Å². The second-order valence-corrected chi connectivity index (χ2v) is 5.19. The summed E-state index contributed by atoms with van der Waals surface area (Å²) in [6, 6.07) is 4.47. The summed E-state index contributed by atoms with van der Waals surface area (Å²) in [5.74, 6) is -0.375. The molecule has 3 nitrogen and oxygen atoms in total. The fourth-order valence-corrected chi connectivity index (χ4v) is 1.93. The van der Waals surface area contributed by atoms with E-state index in [1.54, 1.807) is 6.07 Å². The molecule has 94 valence electrons. The topological polar surface area (TPSA) is 49.3 Å². The molecule has 0 unspecified atom stereocenters. The highest BCUT2D eigenvalue weighted by Gasteiger charge is 2.21. The Bertz CT molecular complexity index is 416. The second kappa shape index (κ2) is 5.41. The lowest BCUT2D eigenvalue weighted by molar-refractivity contribution is 0.0906. The van der Waals surface area contributed by atoms with Gasteiger partial charge in [-0.2, -0.15) is 0 Å². The number of nitrogens with one attached hydrogen (secondary N) is 1. The van der Waals surface area contributed by atoms with Gasteiger partial charge in [-0.1, -0.05) is 24.9 Å². The number of hydrogen-bond donors (Lipinski definition) is 2. The number of hydrogen-bond acceptors (Lipinski definition) is 2. The third-order valence-electron chi connectivity index (χ3n) is 2.53. The molecule has 1 aromatic rings. The molecule has 1 aromatic carbocycles. The highest BCUT2D eigenvalue weighted by molar-refractivity contribution is 6.30. The number of carbonyl (C=O) groups is 1. The van der Waals surface area contributed by atoms with Crippen molar-refractivity contribution in [3.63, 3.8) is 0 Å². The molecule has 1 amide bonds. The Balaban J connectivity index is 2.83. The van der Waals surface area contributed by atoms with E-state index >= 15 is 0 Å². The van der Waals surface area contributed by atoms with Gasteiger partial charge in [0.1, 0.15) is 5.75 Å². The number of phenolic OH excluding ortho intramolecular Hbond substituents is 1. The lowest BCUT2D eigenvalue weighted by Crippen LogP contribution is -2.43. The van der Waals surface area contributed by atoms with Crippen LogP contribution in [0.1, 0.15) is 44.0 Å². The van der Waals surface area contributed by atoms with Gasteiger partial charge >= 0.3 is 0 Å². The second-order valence-electron chi connectivity index (χ2n) is 4.75. The fourth-order valence-electron chi connectivity index (χ4n) is 1.76. The van der Waals surface area contributed by atoms with E-state index in [1.807, 2.05) is 13.8 Å². The van der Waals surface area contributed by atoms with Crippen LogP contribution in [0.15, 0.2) is 18.2 Å². The number of amides is 1. The van der Waals surface area contributed by atoms with Gasteiger partial charge in [0.15, 0.2) is 0 Å². The zero-order valence-corrected chi connectivity index (χ0v) is 11.1. The Morgan fingerprint density at radius 1 is 1.47 bits per heavy atom. The van der Waals surface area contributed by atoms with Crippen LogP contribution < -0.4 is 5.32 Å². The molecule has 0 aliphatic heterocycles. The molecular formula is C13H18ClNO2. The van der Waals surface area contributed by atoms with Crippen LogP contribution in [-0.2, 0) is 0 Å². The highest BCUT2D eigenvalue weighted by Crippen LogP contribution is 2.22. The lowest BCUT2D eigenvalue weighted by Gasteiger charge is -2.25. The average Bonchev–Trinajstić information content (AvgIpc) is 2.15. The third-order valence-corrected chi connectivity index (χ3v) is 2.77.